The number of benzene rings is 1. The van der Waals surface area contributed by atoms with Crippen LogP contribution < -0.4 is 16.7 Å². The standard InChI is InChI=1S/C15H18N2O3.ClH/c1-3-8-15(2,16)14(19)17-11-5-6-12-10(9-11)4-7-13(18)20-12;/h4-7,9H,3,8,16H2,1-2H3,(H,17,19);1H. The maximum absolute atomic E-state index is 12.1. The van der Waals surface area contributed by atoms with Crippen molar-refractivity contribution in [1.29, 1.82) is 0 Å². The van der Waals surface area contributed by atoms with Crippen LogP contribution in [0.15, 0.2) is 39.5 Å². The van der Waals surface area contributed by atoms with E-state index in [0.29, 0.717) is 17.7 Å². The van der Waals surface area contributed by atoms with Gasteiger partial charge in [0, 0.05) is 17.1 Å². The van der Waals surface area contributed by atoms with Crippen molar-refractivity contribution in [2.24, 2.45) is 5.73 Å². The van der Waals surface area contributed by atoms with Crippen molar-refractivity contribution in [3.63, 3.8) is 0 Å². The molecule has 1 unspecified atom stereocenters. The zero-order chi connectivity index (χ0) is 14.8. The maximum atomic E-state index is 12.1. The SMILES string of the molecule is CCCC(C)(N)C(=O)Nc1ccc2oc(=O)ccc2c1.Cl. The fourth-order valence-electron chi connectivity index (χ4n) is 2.06. The smallest absolute Gasteiger partial charge is 0.336 e. The van der Waals surface area contributed by atoms with Crippen molar-refractivity contribution in [1.82, 2.24) is 0 Å². The Morgan fingerprint density at radius 1 is 1.33 bits per heavy atom. The first-order valence-electron chi connectivity index (χ1n) is 6.56. The van der Waals surface area contributed by atoms with E-state index < -0.39 is 11.2 Å². The van der Waals surface area contributed by atoms with Gasteiger partial charge < -0.3 is 15.5 Å². The highest BCUT2D eigenvalue weighted by atomic mass is 35.5. The van der Waals surface area contributed by atoms with Crippen LogP contribution in [0.3, 0.4) is 0 Å². The highest BCUT2D eigenvalue weighted by Crippen LogP contribution is 2.19. The van der Waals surface area contributed by atoms with Gasteiger partial charge in [-0.15, -0.1) is 12.4 Å². The van der Waals surface area contributed by atoms with Crippen LogP contribution in [0.5, 0.6) is 0 Å². The molecule has 0 bridgehead atoms. The van der Waals surface area contributed by atoms with Crippen LogP contribution in [0.4, 0.5) is 5.69 Å². The van der Waals surface area contributed by atoms with Gasteiger partial charge >= 0.3 is 5.63 Å². The highest BCUT2D eigenvalue weighted by molar-refractivity contribution is 5.98. The zero-order valence-corrected chi connectivity index (χ0v) is 12.8. The zero-order valence-electron chi connectivity index (χ0n) is 12.0. The Bertz CT molecular complexity index is 695. The molecular weight excluding hydrogens is 292 g/mol. The van der Waals surface area contributed by atoms with E-state index in [2.05, 4.69) is 5.32 Å². The summed E-state index contributed by atoms with van der Waals surface area (Å²) in [7, 11) is 0. The van der Waals surface area contributed by atoms with Crippen LogP contribution >= 0.6 is 12.4 Å². The lowest BCUT2D eigenvalue weighted by atomic mass is 9.96. The Hall–Kier alpha value is -1.85. The molecule has 0 saturated carbocycles. The first kappa shape index (κ1) is 17.2. The third-order valence-electron chi connectivity index (χ3n) is 3.17. The third-order valence-corrected chi connectivity index (χ3v) is 3.17. The molecule has 2 rings (SSSR count). The largest absolute Gasteiger partial charge is 0.423 e. The van der Waals surface area contributed by atoms with Gasteiger partial charge in [-0.1, -0.05) is 13.3 Å². The van der Waals surface area contributed by atoms with Crippen LogP contribution in [-0.2, 0) is 4.79 Å². The minimum absolute atomic E-state index is 0. The molecule has 114 valence electrons. The predicted octanol–water partition coefficient (Wildman–Crippen LogP) is 2.67. The van der Waals surface area contributed by atoms with Gasteiger partial charge in [0.15, 0.2) is 0 Å². The van der Waals surface area contributed by atoms with E-state index in [-0.39, 0.29) is 18.3 Å². The van der Waals surface area contributed by atoms with Gasteiger partial charge in [-0.3, -0.25) is 4.79 Å². The van der Waals surface area contributed by atoms with E-state index in [4.69, 9.17) is 10.2 Å². The van der Waals surface area contributed by atoms with Gasteiger partial charge in [-0.25, -0.2) is 4.79 Å². The molecule has 0 aliphatic rings. The number of hydrogen-bond donors (Lipinski definition) is 2. The number of carbonyl (C=O) groups is 1. The van der Waals surface area contributed by atoms with Gasteiger partial charge in [-0.2, -0.15) is 0 Å². The first-order chi connectivity index (χ1) is 9.42. The lowest BCUT2D eigenvalue weighted by molar-refractivity contribution is -0.120. The van der Waals surface area contributed by atoms with E-state index in [9.17, 15) is 9.59 Å². The summed E-state index contributed by atoms with van der Waals surface area (Å²) in [5, 5.41) is 3.54. The Labute approximate surface area is 128 Å². The Morgan fingerprint density at radius 3 is 2.71 bits per heavy atom. The number of carbonyl (C=O) groups excluding carboxylic acids is 1. The summed E-state index contributed by atoms with van der Waals surface area (Å²) in [5.41, 5.74) is 5.80. The first-order valence-corrected chi connectivity index (χ1v) is 6.56. The van der Waals surface area contributed by atoms with Crippen molar-refractivity contribution in [2.45, 2.75) is 32.2 Å². The van der Waals surface area contributed by atoms with E-state index in [1.807, 2.05) is 6.92 Å². The van der Waals surface area contributed by atoms with E-state index in [0.717, 1.165) is 11.8 Å². The van der Waals surface area contributed by atoms with Gasteiger partial charge in [0.25, 0.3) is 0 Å². The summed E-state index contributed by atoms with van der Waals surface area (Å²) in [6.45, 7) is 3.70. The monoisotopic (exact) mass is 310 g/mol. The van der Waals surface area contributed by atoms with Gasteiger partial charge in [-0.05, 0) is 37.6 Å². The van der Waals surface area contributed by atoms with Gasteiger partial charge in [0.2, 0.25) is 5.91 Å². The summed E-state index contributed by atoms with van der Waals surface area (Å²) < 4.78 is 5.03. The molecular formula is C15H19ClN2O3. The van der Waals surface area contributed by atoms with Crippen LogP contribution in [0.2, 0.25) is 0 Å². The van der Waals surface area contributed by atoms with E-state index in [1.165, 1.54) is 6.07 Å². The van der Waals surface area contributed by atoms with Crippen LogP contribution in [0.1, 0.15) is 26.7 Å². The van der Waals surface area contributed by atoms with Crippen molar-refractivity contribution in [3.8, 4) is 0 Å². The summed E-state index contributed by atoms with van der Waals surface area (Å²) in [6.07, 6.45) is 1.45. The lowest BCUT2D eigenvalue weighted by Crippen LogP contribution is -2.48. The lowest BCUT2D eigenvalue weighted by Gasteiger charge is -2.22. The number of amides is 1. The average molecular weight is 311 g/mol. The Kier molecular flexibility index (Phi) is 5.52. The minimum atomic E-state index is -0.896. The molecule has 6 heteroatoms. The fourth-order valence-corrected chi connectivity index (χ4v) is 2.06. The maximum Gasteiger partial charge on any atom is 0.336 e. The second-order valence-electron chi connectivity index (χ2n) is 5.13. The molecule has 0 aliphatic heterocycles. The molecule has 5 nitrogen and oxygen atoms in total. The molecule has 0 aliphatic carbocycles. The minimum Gasteiger partial charge on any atom is -0.423 e. The van der Waals surface area contributed by atoms with Crippen molar-refractivity contribution in [3.05, 3.63) is 40.8 Å². The number of nitrogens with two attached hydrogens (primary N) is 1. The molecule has 1 atom stereocenters. The van der Waals surface area contributed by atoms with Crippen LogP contribution in [0.25, 0.3) is 11.0 Å². The number of anilines is 1. The van der Waals surface area contributed by atoms with Crippen molar-refractivity contribution < 1.29 is 9.21 Å². The Morgan fingerprint density at radius 2 is 2.05 bits per heavy atom. The average Bonchev–Trinajstić information content (AvgIpc) is 2.39. The van der Waals surface area contributed by atoms with E-state index in [1.54, 1.807) is 31.2 Å². The third kappa shape index (κ3) is 4.06. The Balaban J connectivity index is 0.00000220. The molecule has 1 amide bonds. The second kappa shape index (κ2) is 6.74. The molecule has 1 aromatic carbocycles. The fraction of sp³-hybridized carbons (Fsp3) is 0.333. The number of hydrogen-bond acceptors (Lipinski definition) is 4. The van der Waals surface area contributed by atoms with E-state index >= 15 is 0 Å². The molecule has 1 heterocycles. The summed E-state index contributed by atoms with van der Waals surface area (Å²) in [5.74, 6) is -0.226. The predicted molar refractivity (Wildman–Crippen MR) is 85.9 cm³/mol. The molecule has 21 heavy (non-hydrogen) atoms. The highest BCUT2D eigenvalue weighted by Gasteiger charge is 2.27. The van der Waals surface area contributed by atoms with Crippen molar-refractivity contribution in [2.75, 3.05) is 5.32 Å². The normalized spacial score (nSPS) is 13.3. The molecule has 0 saturated heterocycles. The molecule has 0 fully saturated rings. The molecule has 3 N–H and O–H groups in total. The number of nitrogens with one attached hydrogen (secondary N) is 1. The number of halogens is 1. The van der Waals surface area contributed by atoms with Crippen LogP contribution in [0, 0.1) is 0 Å². The molecule has 0 radical (unpaired) electrons. The number of rotatable bonds is 4. The summed E-state index contributed by atoms with van der Waals surface area (Å²) >= 11 is 0. The van der Waals surface area contributed by atoms with Gasteiger partial charge in [0.05, 0.1) is 5.54 Å². The number of fused-ring (bicyclic) bond motifs is 1. The molecule has 0 spiro atoms. The second-order valence-corrected chi connectivity index (χ2v) is 5.13. The molecule has 2 aromatic rings. The quantitative estimate of drug-likeness (QED) is 0.850. The summed E-state index contributed by atoms with van der Waals surface area (Å²) in [6, 6.07) is 8.09. The van der Waals surface area contributed by atoms with Crippen LogP contribution in [-0.4, -0.2) is 11.4 Å². The topological polar surface area (TPSA) is 85.3 Å². The van der Waals surface area contributed by atoms with Gasteiger partial charge in [0.1, 0.15) is 5.58 Å². The summed E-state index contributed by atoms with van der Waals surface area (Å²) in [4.78, 5) is 23.2. The van der Waals surface area contributed by atoms with Crippen molar-refractivity contribution >= 4 is 35.0 Å². The molecule has 1 aromatic heterocycles.